The summed E-state index contributed by atoms with van der Waals surface area (Å²) in [7, 11) is 1.46. The van der Waals surface area contributed by atoms with E-state index in [-0.39, 0.29) is 30.3 Å². The Hall–Kier alpha value is -2.39. The lowest BCUT2D eigenvalue weighted by Gasteiger charge is -2.07. The number of rotatable bonds is 6. The van der Waals surface area contributed by atoms with Gasteiger partial charge in [-0.25, -0.2) is 10.4 Å². The molecular weight excluding hydrogens is 380 g/mol. The van der Waals surface area contributed by atoms with Crippen molar-refractivity contribution < 1.29 is 14.9 Å². The van der Waals surface area contributed by atoms with E-state index in [1.54, 1.807) is 19.1 Å². The number of aromatic amines is 1. The first-order valence-corrected chi connectivity index (χ1v) is 7.82. The molecule has 2 aromatic rings. The van der Waals surface area contributed by atoms with Gasteiger partial charge in [-0.3, -0.25) is 9.78 Å². The average Bonchev–Trinajstić information content (AvgIpc) is 2.55. The highest BCUT2D eigenvalue weighted by Crippen LogP contribution is 2.35. The van der Waals surface area contributed by atoms with Gasteiger partial charge >= 0.3 is 0 Å². The maximum atomic E-state index is 11.9. The topological polar surface area (TPSA) is 120 Å². The highest BCUT2D eigenvalue weighted by molar-refractivity contribution is 9.10. The summed E-state index contributed by atoms with van der Waals surface area (Å²) in [5, 5.41) is 22.8. The van der Waals surface area contributed by atoms with Gasteiger partial charge in [0.25, 0.3) is 5.56 Å². The first kappa shape index (κ1) is 18.0. The normalized spacial score (nSPS) is 11.0. The van der Waals surface area contributed by atoms with Crippen LogP contribution in [-0.4, -0.2) is 40.1 Å². The first-order valence-electron chi connectivity index (χ1n) is 7.03. The number of benzene rings is 1. The van der Waals surface area contributed by atoms with E-state index in [4.69, 9.17) is 9.84 Å². The van der Waals surface area contributed by atoms with E-state index in [9.17, 15) is 9.90 Å². The maximum absolute atomic E-state index is 11.9. The standard InChI is InChI=1S/C15H17BrN4O4/c1-8-10(5-6-21)14(23)19-15(18-8)20-17-7-9-3-4-11(24-2)13(22)12(9)16/h3-4,7,21-22H,5-6H2,1-2H3,(H2,18,19,20,23)/b17-7-. The molecule has 0 radical (unpaired) electrons. The highest BCUT2D eigenvalue weighted by Gasteiger charge is 2.10. The molecule has 128 valence electrons. The summed E-state index contributed by atoms with van der Waals surface area (Å²) >= 11 is 3.26. The van der Waals surface area contributed by atoms with Crippen LogP contribution in [0.1, 0.15) is 16.8 Å². The smallest absolute Gasteiger partial charge is 0.255 e. The molecule has 2 rings (SSSR count). The van der Waals surface area contributed by atoms with Crippen LogP contribution >= 0.6 is 15.9 Å². The summed E-state index contributed by atoms with van der Waals surface area (Å²) < 4.78 is 5.44. The fraction of sp³-hybridized carbons (Fsp3) is 0.267. The van der Waals surface area contributed by atoms with Crippen LogP contribution in [0.15, 0.2) is 26.5 Å². The van der Waals surface area contributed by atoms with Crippen LogP contribution in [-0.2, 0) is 6.42 Å². The minimum atomic E-state index is -0.322. The Labute approximate surface area is 146 Å². The average molecular weight is 397 g/mol. The number of anilines is 1. The predicted octanol–water partition coefficient (Wildman–Crippen LogP) is 1.54. The van der Waals surface area contributed by atoms with Crippen LogP contribution in [0.4, 0.5) is 5.95 Å². The number of halogens is 1. The number of hydrogen-bond acceptors (Lipinski definition) is 7. The van der Waals surface area contributed by atoms with Gasteiger partial charge in [0.15, 0.2) is 11.5 Å². The molecule has 0 saturated carbocycles. The van der Waals surface area contributed by atoms with E-state index in [0.717, 1.165) is 0 Å². The molecule has 0 aliphatic rings. The number of ether oxygens (including phenoxy) is 1. The molecule has 0 aliphatic carbocycles. The van der Waals surface area contributed by atoms with Gasteiger partial charge in [0.1, 0.15) is 0 Å². The second kappa shape index (κ2) is 7.93. The number of hydrazone groups is 1. The van der Waals surface area contributed by atoms with Crippen molar-refractivity contribution in [1.29, 1.82) is 0 Å². The molecule has 0 aliphatic heterocycles. The lowest BCUT2D eigenvalue weighted by Crippen LogP contribution is -2.19. The van der Waals surface area contributed by atoms with Crippen LogP contribution in [0, 0.1) is 6.92 Å². The van der Waals surface area contributed by atoms with Crippen molar-refractivity contribution in [2.45, 2.75) is 13.3 Å². The molecule has 0 bridgehead atoms. The number of phenolic OH excluding ortho intramolecular Hbond substituents is 1. The fourth-order valence-electron chi connectivity index (χ4n) is 2.06. The molecule has 0 unspecified atom stereocenters. The molecule has 0 saturated heterocycles. The predicted molar refractivity (Wildman–Crippen MR) is 94.0 cm³/mol. The third-order valence-electron chi connectivity index (χ3n) is 3.29. The molecule has 9 heteroatoms. The van der Waals surface area contributed by atoms with Crippen LogP contribution in [0.3, 0.4) is 0 Å². The second-order valence-corrected chi connectivity index (χ2v) is 5.63. The summed E-state index contributed by atoms with van der Waals surface area (Å²) in [5.74, 6) is 0.495. The van der Waals surface area contributed by atoms with Crippen LogP contribution < -0.4 is 15.7 Å². The first-order chi connectivity index (χ1) is 11.5. The summed E-state index contributed by atoms with van der Waals surface area (Å²) in [5.41, 5.74) is 3.87. The lowest BCUT2D eigenvalue weighted by atomic mass is 10.2. The van der Waals surface area contributed by atoms with Crippen LogP contribution in [0.2, 0.25) is 0 Å². The van der Waals surface area contributed by atoms with Crippen molar-refractivity contribution in [3.8, 4) is 11.5 Å². The second-order valence-electron chi connectivity index (χ2n) is 4.84. The molecule has 0 spiro atoms. The van der Waals surface area contributed by atoms with E-state index >= 15 is 0 Å². The van der Waals surface area contributed by atoms with Gasteiger partial charge in [-0.1, -0.05) is 0 Å². The number of nitrogens with one attached hydrogen (secondary N) is 2. The van der Waals surface area contributed by atoms with E-state index in [1.807, 2.05) is 0 Å². The number of aliphatic hydroxyl groups is 1. The van der Waals surface area contributed by atoms with Crippen molar-refractivity contribution in [2.24, 2.45) is 5.10 Å². The third-order valence-corrected chi connectivity index (χ3v) is 4.12. The van der Waals surface area contributed by atoms with Crippen LogP contribution in [0.5, 0.6) is 11.5 Å². The molecule has 24 heavy (non-hydrogen) atoms. The zero-order chi connectivity index (χ0) is 17.7. The Morgan fingerprint density at radius 2 is 2.25 bits per heavy atom. The minimum absolute atomic E-state index is 0.0304. The van der Waals surface area contributed by atoms with Crippen LogP contribution in [0.25, 0.3) is 0 Å². The number of hydrogen-bond donors (Lipinski definition) is 4. The van der Waals surface area contributed by atoms with Gasteiger partial charge in [0, 0.05) is 24.2 Å². The zero-order valence-corrected chi connectivity index (χ0v) is 14.7. The number of aryl methyl sites for hydroxylation is 1. The van der Waals surface area contributed by atoms with Gasteiger partial charge in [-0.15, -0.1) is 0 Å². The largest absolute Gasteiger partial charge is 0.503 e. The van der Waals surface area contributed by atoms with E-state index in [0.29, 0.717) is 27.0 Å². The lowest BCUT2D eigenvalue weighted by molar-refractivity contribution is 0.298. The van der Waals surface area contributed by atoms with E-state index < -0.39 is 0 Å². The number of aromatic hydroxyl groups is 1. The molecule has 4 N–H and O–H groups in total. The van der Waals surface area contributed by atoms with Gasteiger partial charge in [-0.05, 0) is 35.0 Å². The molecular formula is C15H17BrN4O4. The Morgan fingerprint density at radius 3 is 2.88 bits per heavy atom. The number of aliphatic hydroxyl groups excluding tert-OH is 1. The van der Waals surface area contributed by atoms with Crippen molar-refractivity contribution in [1.82, 2.24) is 9.97 Å². The Bertz CT molecular complexity index is 820. The van der Waals surface area contributed by atoms with E-state index in [2.05, 4.69) is 36.4 Å². The van der Waals surface area contributed by atoms with E-state index in [1.165, 1.54) is 13.3 Å². The van der Waals surface area contributed by atoms with Crippen molar-refractivity contribution in [3.63, 3.8) is 0 Å². The summed E-state index contributed by atoms with van der Waals surface area (Å²) in [6.45, 7) is 1.57. The molecule has 8 nitrogen and oxygen atoms in total. The van der Waals surface area contributed by atoms with Crippen molar-refractivity contribution >= 4 is 28.1 Å². The quantitative estimate of drug-likeness (QED) is 0.434. The van der Waals surface area contributed by atoms with Gasteiger partial charge in [0.2, 0.25) is 5.95 Å². The maximum Gasteiger partial charge on any atom is 0.255 e. The number of H-pyrrole nitrogens is 1. The summed E-state index contributed by atoms with van der Waals surface area (Å²) in [6, 6.07) is 3.31. The van der Waals surface area contributed by atoms with Gasteiger partial charge in [0.05, 0.1) is 23.5 Å². The molecule has 0 amide bonds. The minimum Gasteiger partial charge on any atom is -0.503 e. The van der Waals surface area contributed by atoms with Gasteiger partial charge in [-0.2, -0.15) is 5.10 Å². The molecule has 0 fully saturated rings. The van der Waals surface area contributed by atoms with Crippen molar-refractivity contribution in [3.05, 3.63) is 43.8 Å². The molecule has 1 aromatic carbocycles. The third kappa shape index (κ3) is 3.92. The number of phenols is 1. The Morgan fingerprint density at radius 1 is 1.50 bits per heavy atom. The SMILES string of the molecule is COc1ccc(/C=N\Nc2nc(C)c(CCO)c(=O)[nH]2)c(Br)c1O. The zero-order valence-electron chi connectivity index (χ0n) is 13.1. The summed E-state index contributed by atoms with van der Waals surface area (Å²) in [4.78, 5) is 18.6. The summed E-state index contributed by atoms with van der Waals surface area (Å²) in [6.07, 6.45) is 1.70. The monoisotopic (exact) mass is 396 g/mol. The van der Waals surface area contributed by atoms with Crippen molar-refractivity contribution in [2.75, 3.05) is 19.1 Å². The molecule has 1 aromatic heterocycles. The van der Waals surface area contributed by atoms with Gasteiger partial charge < -0.3 is 14.9 Å². The molecule has 1 heterocycles. The molecule has 0 atom stereocenters. The number of aromatic nitrogens is 2. The Balaban J connectivity index is 2.18. The number of nitrogens with zero attached hydrogens (tertiary/aromatic N) is 2. The fourth-order valence-corrected chi connectivity index (χ4v) is 2.49. The number of methoxy groups -OCH3 is 1. The highest BCUT2D eigenvalue weighted by atomic mass is 79.9. The Kier molecular flexibility index (Phi) is 5.93.